The van der Waals surface area contributed by atoms with Crippen LogP contribution in [0.5, 0.6) is 5.75 Å². The van der Waals surface area contributed by atoms with Crippen molar-refractivity contribution in [1.29, 1.82) is 0 Å². The molecule has 3 aromatic rings. The van der Waals surface area contributed by atoms with E-state index in [4.69, 9.17) is 16.3 Å². The number of halogens is 1. The monoisotopic (exact) mass is 382 g/mol. The van der Waals surface area contributed by atoms with Crippen molar-refractivity contribution in [2.24, 2.45) is 7.05 Å². The van der Waals surface area contributed by atoms with Crippen LogP contribution >= 0.6 is 11.6 Å². The van der Waals surface area contributed by atoms with Gasteiger partial charge >= 0.3 is 0 Å². The van der Waals surface area contributed by atoms with Crippen molar-refractivity contribution in [3.63, 3.8) is 0 Å². The number of hydrogen-bond acceptors (Lipinski definition) is 4. The predicted octanol–water partition coefficient (Wildman–Crippen LogP) is 3.18. The molecule has 0 aliphatic carbocycles. The second kappa shape index (κ2) is 7.04. The average molecular weight is 383 g/mol. The smallest absolute Gasteiger partial charge is 0.269 e. The lowest BCUT2D eigenvalue weighted by Crippen LogP contribution is -2.35. The molecule has 1 aromatic carbocycles. The summed E-state index contributed by atoms with van der Waals surface area (Å²) in [6.45, 7) is 2.27. The molecule has 1 atom stereocenters. The van der Waals surface area contributed by atoms with Crippen LogP contribution in [0.4, 0.5) is 0 Å². The van der Waals surface area contributed by atoms with E-state index in [1.165, 1.54) is 0 Å². The maximum Gasteiger partial charge on any atom is 0.269 e. The Hall–Kier alpha value is -2.86. The van der Waals surface area contributed by atoms with E-state index in [1.807, 2.05) is 31.2 Å². The Kier molecular flexibility index (Phi) is 4.58. The molecule has 0 fully saturated rings. The van der Waals surface area contributed by atoms with E-state index in [2.05, 4.69) is 15.4 Å². The van der Waals surface area contributed by atoms with Gasteiger partial charge in [-0.1, -0.05) is 11.6 Å². The summed E-state index contributed by atoms with van der Waals surface area (Å²) in [5.74, 6) is 0.659. The molecule has 3 heterocycles. The number of carbonyl (C=O) groups excluding carboxylic acids is 1. The maximum absolute atomic E-state index is 12.4. The quantitative estimate of drug-likeness (QED) is 0.752. The van der Waals surface area contributed by atoms with Gasteiger partial charge in [0.2, 0.25) is 0 Å². The first-order valence-corrected chi connectivity index (χ1v) is 9.07. The molecule has 1 amide bonds. The van der Waals surface area contributed by atoms with E-state index in [0.717, 1.165) is 28.1 Å². The normalized spacial score (nSPS) is 15.3. The largest absolute Gasteiger partial charge is 0.487 e. The highest BCUT2D eigenvalue weighted by atomic mass is 35.5. The molecule has 1 N–H and O–H groups in total. The van der Waals surface area contributed by atoms with Crippen LogP contribution in [0.25, 0.3) is 11.1 Å². The zero-order valence-corrected chi connectivity index (χ0v) is 15.8. The molecule has 0 unspecified atom stereocenters. The minimum atomic E-state index is -0.162. The van der Waals surface area contributed by atoms with Gasteiger partial charge in [0.25, 0.3) is 5.91 Å². The molecule has 6 nitrogen and oxygen atoms in total. The van der Waals surface area contributed by atoms with Crippen molar-refractivity contribution in [3.05, 3.63) is 64.7 Å². The topological polar surface area (TPSA) is 69.0 Å². The van der Waals surface area contributed by atoms with Crippen LogP contribution in [0.3, 0.4) is 0 Å². The van der Waals surface area contributed by atoms with Crippen molar-refractivity contribution in [2.75, 3.05) is 6.54 Å². The SMILES string of the molecule is Cc1cc(C(=O)NC[C@H]2Cc3cc(Cl)cc(-c4ccncc4)c3O2)n(C)n1. The third-order valence-electron chi connectivity index (χ3n) is 4.58. The summed E-state index contributed by atoms with van der Waals surface area (Å²) in [6, 6.07) is 9.44. The minimum absolute atomic E-state index is 0.141. The van der Waals surface area contributed by atoms with Crippen LogP contribution in [0.1, 0.15) is 21.7 Å². The van der Waals surface area contributed by atoms with Crippen molar-refractivity contribution in [2.45, 2.75) is 19.4 Å². The fourth-order valence-electron chi connectivity index (χ4n) is 3.37. The number of rotatable bonds is 4. The van der Waals surface area contributed by atoms with E-state index in [9.17, 15) is 4.79 Å². The number of benzene rings is 1. The first-order valence-electron chi connectivity index (χ1n) is 8.69. The Bertz CT molecular complexity index is 1000. The molecule has 1 aliphatic rings. The van der Waals surface area contributed by atoms with E-state index in [-0.39, 0.29) is 12.0 Å². The van der Waals surface area contributed by atoms with E-state index < -0.39 is 0 Å². The Labute approximate surface area is 162 Å². The number of ether oxygens (including phenoxy) is 1. The highest BCUT2D eigenvalue weighted by molar-refractivity contribution is 6.31. The number of carbonyl (C=O) groups is 1. The molecule has 0 saturated heterocycles. The van der Waals surface area contributed by atoms with Crippen LogP contribution in [-0.4, -0.2) is 33.3 Å². The van der Waals surface area contributed by atoms with Gasteiger partial charge in [-0.2, -0.15) is 5.10 Å². The van der Waals surface area contributed by atoms with Gasteiger partial charge in [-0.25, -0.2) is 0 Å². The fraction of sp³-hybridized carbons (Fsp3) is 0.250. The molecular weight excluding hydrogens is 364 g/mol. The first-order chi connectivity index (χ1) is 13.0. The Morgan fingerprint density at radius 2 is 2.11 bits per heavy atom. The van der Waals surface area contributed by atoms with Crippen LogP contribution in [0, 0.1) is 6.92 Å². The second-order valence-corrected chi connectivity index (χ2v) is 7.06. The van der Waals surface area contributed by atoms with Crippen molar-refractivity contribution in [1.82, 2.24) is 20.1 Å². The molecule has 4 rings (SSSR count). The van der Waals surface area contributed by atoms with Crippen LogP contribution < -0.4 is 10.1 Å². The highest BCUT2D eigenvalue weighted by Gasteiger charge is 2.27. The third kappa shape index (κ3) is 3.53. The maximum atomic E-state index is 12.4. The predicted molar refractivity (Wildman–Crippen MR) is 103 cm³/mol. The van der Waals surface area contributed by atoms with Crippen LogP contribution in [-0.2, 0) is 13.5 Å². The number of pyridine rings is 1. The van der Waals surface area contributed by atoms with Crippen LogP contribution in [0.2, 0.25) is 5.02 Å². The zero-order valence-electron chi connectivity index (χ0n) is 15.1. The summed E-state index contributed by atoms with van der Waals surface area (Å²) >= 11 is 6.30. The zero-order chi connectivity index (χ0) is 19.0. The fourth-order valence-corrected chi connectivity index (χ4v) is 3.62. The summed E-state index contributed by atoms with van der Waals surface area (Å²) in [6.07, 6.45) is 4.03. The van der Waals surface area contributed by atoms with Gasteiger partial charge in [-0.05, 0) is 42.8 Å². The lowest BCUT2D eigenvalue weighted by Gasteiger charge is -2.14. The molecule has 27 heavy (non-hydrogen) atoms. The molecular formula is C20H19ClN4O2. The summed E-state index contributed by atoms with van der Waals surface area (Å²) in [5.41, 5.74) is 4.33. The van der Waals surface area contributed by atoms with Gasteiger partial charge in [0.05, 0.1) is 12.2 Å². The third-order valence-corrected chi connectivity index (χ3v) is 4.80. The number of hydrogen-bond donors (Lipinski definition) is 1. The number of aryl methyl sites for hydroxylation is 2. The van der Waals surface area contributed by atoms with Gasteiger partial charge in [0, 0.05) is 42.0 Å². The highest BCUT2D eigenvalue weighted by Crippen LogP contribution is 2.40. The van der Waals surface area contributed by atoms with Gasteiger partial charge in [-0.15, -0.1) is 0 Å². The van der Waals surface area contributed by atoms with Gasteiger partial charge < -0.3 is 10.1 Å². The number of aromatic nitrogens is 3. The number of nitrogens with one attached hydrogen (secondary N) is 1. The standard InChI is InChI=1S/C20H19ClN4O2/c1-12-7-18(25(2)24-12)20(26)23-11-16-9-14-8-15(21)10-17(19(14)27-16)13-3-5-22-6-4-13/h3-8,10,16H,9,11H2,1-2H3,(H,23,26)/t16-/m1/s1. The summed E-state index contributed by atoms with van der Waals surface area (Å²) in [5, 5.41) is 7.81. The first kappa shape index (κ1) is 17.5. The van der Waals surface area contributed by atoms with Crippen molar-refractivity contribution in [3.8, 4) is 16.9 Å². The lowest BCUT2D eigenvalue weighted by atomic mass is 10.0. The molecule has 2 aromatic heterocycles. The Morgan fingerprint density at radius 1 is 1.33 bits per heavy atom. The number of amides is 1. The van der Waals surface area contributed by atoms with Gasteiger partial charge in [0.15, 0.2) is 0 Å². The number of fused-ring (bicyclic) bond motifs is 1. The van der Waals surface area contributed by atoms with E-state index >= 15 is 0 Å². The average Bonchev–Trinajstić information content (AvgIpc) is 3.21. The molecule has 0 spiro atoms. The molecule has 138 valence electrons. The molecule has 1 aliphatic heterocycles. The van der Waals surface area contributed by atoms with E-state index in [1.54, 1.807) is 30.2 Å². The summed E-state index contributed by atoms with van der Waals surface area (Å²) in [4.78, 5) is 16.5. The molecule has 7 heteroatoms. The molecule has 0 radical (unpaired) electrons. The molecule has 0 bridgehead atoms. The van der Waals surface area contributed by atoms with Crippen LogP contribution in [0.15, 0.2) is 42.7 Å². The molecule has 0 saturated carbocycles. The van der Waals surface area contributed by atoms with Gasteiger partial charge in [0.1, 0.15) is 17.5 Å². The van der Waals surface area contributed by atoms with Gasteiger partial charge in [-0.3, -0.25) is 14.5 Å². The summed E-state index contributed by atoms with van der Waals surface area (Å²) in [7, 11) is 1.76. The second-order valence-electron chi connectivity index (χ2n) is 6.63. The minimum Gasteiger partial charge on any atom is -0.487 e. The Balaban J connectivity index is 1.50. The van der Waals surface area contributed by atoms with E-state index in [0.29, 0.717) is 23.7 Å². The number of nitrogens with zero attached hydrogens (tertiary/aromatic N) is 3. The van der Waals surface area contributed by atoms with Crippen molar-refractivity contribution >= 4 is 17.5 Å². The Morgan fingerprint density at radius 3 is 2.81 bits per heavy atom. The van der Waals surface area contributed by atoms with Crippen molar-refractivity contribution < 1.29 is 9.53 Å². The summed E-state index contributed by atoms with van der Waals surface area (Å²) < 4.78 is 7.73. The lowest BCUT2D eigenvalue weighted by molar-refractivity contribution is 0.0924.